The van der Waals surface area contributed by atoms with E-state index in [0.29, 0.717) is 45.0 Å². The standard InChI is InChI=1S/C25H21N7O3/c1-14-8-22(31-30-14)26-12-20-19-10-16(6-7-21(19)29-25(20)35)23(33)15-4-3-5-18(9-15)28-24(34)17-11-27-32(2)13-17/h3-13H,1-2H3,(H,28,34)(H,29,35)(H2,26,30,31)/b20-12-. The fourth-order valence-corrected chi connectivity index (χ4v) is 3.76. The van der Waals surface area contributed by atoms with Crippen LogP contribution in [0.3, 0.4) is 0 Å². The molecule has 1 aliphatic heterocycles. The van der Waals surface area contributed by atoms with Crippen LogP contribution in [0.15, 0.2) is 67.1 Å². The van der Waals surface area contributed by atoms with E-state index < -0.39 is 0 Å². The van der Waals surface area contributed by atoms with Gasteiger partial charge in [0.15, 0.2) is 5.78 Å². The first kappa shape index (κ1) is 21.8. The molecule has 2 aromatic heterocycles. The van der Waals surface area contributed by atoms with Crippen LogP contribution in [0, 0.1) is 6.92 Å². The molecule has 5 rings (SSSR count). The summed E-state index contributed by atoms with van der Waals surface area (Å²) < 4.78 is 1.54. The van der Waals surface area contributed by atoms with Crippen LogP contribution in [0.2, 0.25) is 0 Å². The highest BCUT2D eigenvalue weighted by Crippen LogP contribution is 2.33. The number of carbonyl (C=O) groups excluding carboxylic acids is 3. The number of fused-ring (bicyclic) bond motifs is 1. The third kappa shape index (κ3) is 4.44. The summed E-state index contributed by atoms with van der Waals surface area (Å²) in [5.41, 5.74) is 4.18. The van der Waals surface area contributed by atoms with E-state index in [4.69, 9.17) is 0 Å². The molecule has 0 unspecified atom stereocenters. The van der Waals surface area contributed by atoms with Gasteiger partial charge in [-0.25, -0.2) is 0 Å². The molecule has 0 bridgehead atoms. The average Bonchev–Trinajstić information content (AvgIpc) is 3.55. The number of anilines is 3. The van der Waals surface area contributed by atoms with E-state index in [9.17, 15) is 14.4 Å². The fraction of sp³-hybridized carbons (Fsp3) is 0.0800. The van der Waals surface area contributed by atoms with Crippen molar-refractivity contribution in [3.8, 4) is 0 Å². The second kappa shape index (κ2) is 8.75. The first-order chi connectivity index (χ1) is 16.9. The molecular formula is C25H21N7O3. The lowest BCUT2D eigenvalue weighted by Crippen LogP contribution is -2.12. The molecule has 0 atom stereocenters. The number of amides is 2. The molecule has 4 aromatic rings. The number of nitrogens with one attached hydrogen (secondary N) is 4. The van der Waals surface area contributed by atoms with Gasteiger partial charge in [0, 0.05) is 53.6 Å². The minimum absolute atomic E-state index is 0.235. The Balaban J connectivity index is 1.38. The summed E-state index contributed by atoms with van der Waals surface area (Å²) in [6.07, 6.45) is 4.66. The second-order valence-corrected chi connectivity index (χ2v) is 8.11. The molecule has 0 spiro atoms. The van der Waals surface area contributed by atoms with Crippen molar-refractivity contribution in [1.29, 1.82) is 0 Å². The Kier molecular flexibility index (Phi) is 5.46. The monoisotopic (exact) mass is 467 g/mol. The van der Waals surface area contributed by atoms with E-state index in [1.807, 2.05) is 13.0 Å². The molecule has 4 N–H and O–H groups in total. The summed E-state index contributed by atoms with van der Waals surface area (Å²) in [5.74, 6) is -0.178. The van der Waals surface area contributed by atoms with Crippen molar-refractivity contribution < 1.29 is 14.4 Å². The van der Waals surface area contributed by atoms with Crippen molar-refractivity contribution >= 4 is 40.4 Å². The highest BCUT2D eigenvalue weighted by Gasteiger charge is 2.25. The van der Waals surface area contributed by atoms with Crippen LogP contribution in [0.1, 0.15) is 37.5 Å². The van der Waals surface area contributed by atoms with Gasteiger partial charge in [0.2, 0.25) is 0 Å². The molecule has 0 saturated carbocycles. The van der Waals surface area contributed by atoms with Crippen molar-refractivity contribution in [2.45, 2.75) is 6.92 Å². The molecule has 1 aliphatic rings. The molecule has 3 heterocycles. The number of benzene rings is 2. The third-order valence-corrected chi connectivity index (χ3v) is 5.49. The first-order valence-corrected chi connectivity index (χ1v) is 10.8. The van der Waals surface area contributed by atoms with Crippen molar-refractivity contribution in [2.24, 2.45) is 7.05 Å². The van der Waals surface area contributed by atoms with E-state index in [1.165, 1.54) is 10.9 Å². The Morgan fingerprint density at radius 1 is 1.06 bits per heavy atom. The number of nitrogens with zero attached hydrogens (tertiary/aromatic N) is 3. The molecular weight excluding hydrogens is 446 g/mol. The summed E-state index contributed by atoms with van der Waals surface area (Å²) in [6, 6.07) is 13.6. The SMILES string of the molecule is Cc1cc(N/C=C2\C(=O)Nc3ccc(C(=O)c4cccc(NC(=O)c5cnn(C)c5)c4)cc32)[nH]n1. The lowest BCUT2D eigenvalue weighted by molar-refractivity contribution is -0.110. The number of ketones is 1. The highest BCUT2D eigenvalue weighted by atomic mass is 16.2. The van der Waals surface area contributed by atoms with Gasteiger partial charge in [0.25, 0.3) is 11.8 Å². The quantitative estimate of drug-likeness (QED) is 0.254. The molecule has 10 nitrogen and oxygen atoms in total. The minimum atomic E-state index is -0.320. The number of carbonyl (C=O) groups is 3. The summed E-state index contributed by atoms with van der Waals surface area (Å²) in [6.45, 7) is 1.85. The van der Waals surface area contributed by atoms with E-state index >= 15 is 0 Å². The van der Waals surface area contributed by atoms with E-state index in [2.05, 4.69) is 31.2 Å². The maximum absolute atomic E-state index is 13.2. The number of aryl methyl sites for hydroxylation is 2. The zero-order valence-electron chi connectivity index (χ0n) is 18.9. The van der Waals surface area contributed by atoms with E-state index in [1.54, 1.807) is 61.9 Å². The maximum atomic E-state index is 13.2. The van der Waals surface area contributed by atoms with Crippen molar-refractivity contribution in [3.05, 3.63) is 95.1 Å². The van der Waals surface area contributed by atoms with Crippen molar-refractivity contribution in [3.63, 3.8) is 0 Å². The minimum Gasteiger partial charge on any atom is -0.346 e. The summed E-state index contributed by atoms with van der Waals surface area (Å²) in [7, 11) is 1.73. The Morgan fingerprint density at radius 3 is 2.63 bits per heavy atom. The number of aromatic nitrogens is 4. The molecule has 35 heavy (non-hydrogen) atoms. The van der Waals surface area contributed by atoms with Gasteiger partial charge in [-0.05, 0) is 37.3 Å². The zero-order chi connectivity index (χ0) is 24.5. The summed E-state index contributed by atoms with van der Waals surface area (Å²) in [4.78, 5) is 38.2. The van der Waals surface area contributed by atoms with Crippen LogP contribution >= 0.6 is 0 Å². The molecule has 0 radical (unpaired) electrons. The Hall–Kier alpha value is -4.99. The van der Waals surface area contributed by atoms with Crippen molar-refractivity contribution in [2.75, 3.05) is 16.0 Å². The molecule has 0 aliphatic carbocycles. The van der Waals surface area contributed by atoms with Crippen LogP contribution in [-0.2, 0) is 11.8 Å². The van der Waals surface area contributed by atoms with Crippen LogP contribution < -0.4 is 16.0 Å². The number of hydrogen-bond acceptors (Lipinski definition) is 6. The first-order valence-electron chi connectivity index (χ1n) is 10.8. The fourth-order valence-electron chi connectivity index (χ4n) is 3.76. The maximum Gasteiger partial charge on any atom is 0.258 e. The van der Waals surface area contributed by atoms with Crippen molar-refractivity contribution in [1.82, 2.24) is 20.0 Å². The van der Waals surface area contributed by atoms with E-state index in [-0.39, 0.29) is 17.6 Å². The zero-order valence-corrected chi connectivity index (χ0v) is 18.9. The molecule has 10 heteroatoms. The van der Waals surface area contributed by atoms with Gasteiger partial charge in [-0.15, -0.1) is 0 Å². The molecule has 0 saturated heterocycles. The predicted molar refractivity (Wildman–Crippen MR) is 131 cm³/mol. The Labute approximate surface area is 200 Å². The van der Waals surface area contributed by atoms with Crippen LogP contribution in [-0.4, -0.2) is 37.6 Å². The van der Waals surface area contributed by atoms with Crippen LogP contribution in [0.4, 0.5) is 17.2 Å². The van der Waals surface area contributed by atoms with Gasteiger partial charge in [-0.2, -0.15) is 10.2 Å². The van der Waals surface area contributed by atoms with Gasteiger partial charge in [-0.3, -0.25) is 24.2 Å². The summed E-state index contributed by atoms with van der Waals surface area (Å²) in [5, 5.41) is 19.5. The molecule has 0 fully saturated rings. The lowest BCUT2D eigenvalue weighted by atomic mass is 9.98. The lowest BCUT2D eigenvalue weighted by Gasteiger charge is -2.08. The third-order valence-electron chi connectivity index (χ3n) is 5.49. The van der Waals surface area contributed by atoms with Crippen LogP contribution in [0.25, 0.3) is 5.57 Å². The number of rotatable bonds is 6. The predicted octanol–water partition coefficient (Wildman–Crippen LogP) is 3.34. The smallest absolute Gasteiger partial charge is 0.258 e. The van der Waals surface area contributed by atoms with Gasteiger partial charge in [0.1, 0.15) is 5.82 Å². The number of hydrogen-bond donors (Lipinski definition) is 4. The van der Waals surface area contributed by atoms with Gasteiger partial charge >= 0.3 is 0 Å². The second-order valence-electron chi connectivity index (χ2n) is 8.11. The molecule has 174 valence electrons. The number of H-pyrrole nitrogens is 1. The van der Waals surface area contributed by atoms with Gasteiger partial charge in [-0.1, -0.05) is 12.1 Å². The Bertz CT molecular complexity index is 1510. The largest absolute Gasteiger partial charge is 0.346 e. The van der Waals surface area contributed by atoms with Gasteiger partial charge in [0.05, 0.1) is 23.0 Å². The highest BCUT2D eigenvalue weighted by molar-refractivity contribution is 6.32. The summed E-state index contributed by atoms with van der Waals surface area (Å²) >= 11 is 0. The molecule has 2 amide bonds. The van der Waals surface area contributed by atoms with E-state index in [0.717, 1.165) is 5.69 Å². The van der Waals surface area contributed by atoms with Crippen LogP contribution in [0.5, 0.6) is 0 Å². The molecule has 2 aromatic carbocycles. The average molecular weight is 467 g/mol. The normalized spacial score (nSPS) is 13.4. The Morgan fingerprint density at radius 2 is 1.89 bits per heavy atom. The topological polar surface area (TPSA) is 134 Å². The van der Waals surface area contributed by atoms with Gasteiger partial charge < -0.3 is 16.0 Å². The number of aromatic amines is 1.